The summed E-state index contributed by atoms with van der Waals surface area (Å²) in [7, 11) is -2.69. The Morgan fingerprint density at radius 2 is 1.93 bits per heavy atom. The Kier molecular flexibility index (Phi) is 5.45. The Labute approximate surface area is 161 Å². The number of amides is 1. The molecule has 0 unspecified atom stereocenters. The van der Waals surface area contributed by atoms with Gasteiger partial charge < -0.3 is 19.5 Å². The first-order valence-corrected chi connectivity index (χ1v) is 9.72. The van der Waals surface area contributed by atoms with Crippen molar-refractivity contribution in [3.05, 3.63) is 41.4 Å². The normalized spacial score (nSPS) is 13.9. The fraction of sp³-hybridized carbons (Fsp3) is 0.235. The number of hydrogen-bond acceptors (Lipinski definition) is 6. The molecule has 2 aromatic carbocycles. The maximum Gasteiger partial charge on any atom is 0.245 e. The van der Waals surface area contributed by atoms with Gasteiger partial charge in [-0.15, -0.1) is 0 Å². The summed E-state index contributed by atoms with van der Waals surface area (Å²) in [4.78, 5) is 12.2. The number of halogens is 1. The number of carbonyl (C=O) groups is 1. The van der Waals surface area contributed by atoms with Crippen molar-refractivity contribution in [2.24, 2.45) is 0 Å². The van der Waals surface area contributed by atoms with Crippen LogP contribution in [0.4, 0.5) is 5.69 Å². The van der Waals surface area contributed by atoms with E-state index < -0.39 is 22.0 Å². The van der Waals surface area contributed by atoms with E-state index >= 15 is 0 Å². The molecule has 0 fully saturated rings. The van der Waals surface area contributed by atoms with E-state index in [1.165, 1.54) is 32.2 Å². The topological polar surface area (TPSA) is 103 Å². The molecule has 0 spiro atoms. The van der Waals surface area contributed by atoms with Crippen LogP contribution in [0.15, 0.2) is 41.3 Å². The molecule has 3 rings (SSSR count). The fourth-order valence-electron chi connectivity index (χ4n) is 2.44. The molecule has 0 saturated heterocycles. The average Bonchev–Trinajstić information content (AvgIpc) is 3.09. The second-order valence-electron chi connectivity index (χ2n) is 5.70. The highest BCUT2D eigenvalue weighted by Gasteiger charge is 2.26. The van der Waals surface area contributed by atoms with Gasteiger partial charge in [0.2, 0.25) is 22.7 Å². The summed E-state index contributed by atoms with van der Waals surface area (Å²) >= 11 is 5.88. The molecule has 10 heteroatoms. The second-order valence-corrected chi connectivity index (χ2v) is 7.81. The van der Waals surface area contributed by atoms with Gasteiger partial charge in [0, 0.05) is 16.8 Å². The maximum atomic E-state index is 12.6. The number of anilines is 1. The van der Waals surface area contributed by atoms with Gasteiger partial charge in [-0.05, 0) is 37.3 Å². The van der Waals surface area contributed by atoms with Gasteiger partial charge in [0.05, 0.1) is 13.2 Å². The van der Waals surface area contributed by atoms with Gasteiger partial charge in [-0.3, -0.25) is 4.79 Å². The van der Waals surface area contributed by atoms with Crippen molar-refractivity contribution in [2.45, 2.75) is 17.9 Å². The van der Waals surface area contributed by atoms with E-state index in [-0.39, 0.29) is 22.5 Å². The molecular weight excluding hydrogens is 396 g/mol. The molecule has 2 N–H and O–H groups in total. The molecule has 8 nitrogen and oxygen atoms in total. The predicted molar refractivity (Wildman–Crippen MR) is 99.0 cm³/mol. The zero-order valence-corrected chi connectivity index (χ0v) is 16.1. The number of ether oxygens (including phenoxy) is 3. The largest absolute Gasteiger partial charge is 0.495 e. The molecule has 1 heterocycles. The van der Waals surface area contributed by atoms with Crippen LogP contribution in [-0.2, 0) is 14.8 Å². The van der Waals surface area contributed by atoms with Gasteiger partial charge in [-0.25, -0.2) is 8.42 Å². The predicted octanol–water partition coefficient (Wildman–Crippen LogP) is 2.38. The number of sulfonamides is 1. The lowest BCUT2D eigenvalue weighted by Gasteiger charge is -2.16. The Bertz CT molecular complexity index is 979. The van der Waals surface area contributed by atoms with Crippen LogP contribution < -0.4 is 24.2 Å². The number of rotatable bonds is 6. The summed E-state index contributed by atoms with van der Waals surface area (Å²) in [6.45, 7) is 1.54. The SMILES string of the molecule is COc1ccc(Cl)cc1S(=O)(=O)N[C@H](C)C(=O)Nc1ccc2c(c1)OCO2. The van der Waals surface area contributed by atoms with Crippen LogP contribution in [0.5, 0.6) is 17.2 Å². The minimum atomic E-state index is -4.04. The van der Waals surface area contributed by atoms with Crippen molar-refractivity contribution in [2.75, 3.05) is 19.2 Å². The minimum absolute atomic E-state index is 0.115. The van der Waals surface area contributed by atoms with Crippen molar-refractivity contribution in [3.63, 3.8) is 0 Å². The third-order valence-corrected chi connectivity index (χ3v) is 5.58. The number of fused-ring (bicyclic) bond motifs is 1. The van der Waals surface area contributed by atoms with Gasteiger partial charge in [0.15, 0.2) is 11.5 Å². The minimum Gasteiger partial charge on any atom is -0.495 e. The summed E-state index contributed by atoms with van der Waals surface area (Å²) in [5, 5.41) is 2.86. The maximum absolute atomic E-state index is 12.6. The van der Waals surface area contributed by atoms with Crippen molar-refractivity contribution < 1.29 is 27.4 Å². The van der Waals surface area contributed by atoms with E-state index in [1.54, 1.807) is 18.2 Å². The monoisotopic (exact) mass is 412 g/mol. The van der Waals surface area contributed by atoms with Crippen LogP contribution >= 0.6 is 11.6 Å². The average molecular weight is 413 g/mol. The van der Waals surface area contributed by atoms with Crippen molar-refractivity contribution >= 4 is 33.2 Å². The van der Waals surface area contributed by atoms with Crippen LogP contribution in [-0.4, -0.2) is 34.3 Å². The van der Waals surface area contributed by atoms with Crippen LogP contribution in [0.3, 0.4) is 0 Å². The molecule has 2 aromatic rings. The number of hydrogen-bond donors (Lipinski definition) is 2. The van der Waals surface area contributed by atoms with Crippen LogP contribution in [0.1, 0.15) is 6.92 Å². The summed E-state index contributed by atoms with van der Waals surface area (Å²) in [5.74, 6) is 0.660. The van der Waals surface area contributed by atoms with E-state index in [0.717, 1.165) is 0 Å². The zero-order valence-electron chi connectivity index (χ0n) is 14.5. The molecule has 1 amide bonds. The fourth-order valence-corrected chi connectivity index (χ4v) is 4.07. The number of carbonyl (C=O) groups excluding carboxylic acids is 1. The summed E-state index contributed by atoms with van der Waals surface area (Å²) in [6, 6.07) is 8.04. The Morgan fingerprint density at radius 1 is 1.19 bits per heavy atom. The molecule has 27 heavy (non-hydrogen) atoms. The van der Waals surface area contributed by atoms with E-state index in [2.05, 4.69) is 10.0 Å². The molecule has 1 aliphatic rings. The summed E-state index contributed by atoms with van der Waals surface area (Å²) in [5.41, 5.74) is 0.454. The molecular formula is C17H17ClN2O6S. The molecule has 1 atom stereocenters. The van der Waals surface area contributed by atoms with Crippen LogP contribution in [0.2, 0.25) is 5.02 Å². The summed E-state index contributed by atoms with van der Waals surface area (Å²) in [6.07, 6.45) is 0. The van der Waals surface area contributed by atoms with Gasteiger partial charge in [-0.2, -0.15) is 4.72 Å². The molecule has 1 aliphatic heterocycles. The van der Waals surface area contributed by atoms with E-state index in [4.69, 9.17) is 25.8 Å². The van der Waals surface area contributed by atoms with Crippen LogP contribution in [0.25, 0.3) is 0 Å². The standard InChI is InChI=1S/C17H17ClN2O6S/c1-10(17(21)19-12-4-6-13-15(8-12)26-9-25-13)20-27(22,23)16-7-11(18)3-5-14(16)24-2/h3-8,10,20H,9H2,1-2H3,(H,19,21)/t10-/m1/s1. The molecule has 0 bridgehead atoms. The third kappa shape index (κ3) is 4.26. The van der Waals surface area contributed by atoms with Crippen molar-refractivity contribution in [1.29, 1.82) is 0 Å². The zero-order chi connectivity index (χ0) is 19.6. The first kappa shape index (κ1) is 19.3. The lowest BCUT2D eigenvalue weighted by atomic mass is 10.2. The smallest absolute Gasteiger partial charge is 0.245 e. The van der Waals surface area contributed by atoms with Gasteiger partial charge in [-0.1, -0.05) is 11.6 Å². The Hall–Kier alpha value is -2.49. The van der Waals surface area contributed by atoms with Gasteiger partial charge in [0.1, 0.15) is 10.6 Å². The Balaban J connectivity index is 1.73. The number of benzene rings is 2. The van der Waals surface area contributed by atoms with Crippen molar-refractivity contribution in [1.82, 2.24) is 4.72 Å². The second kappa shape index (κ2) is 7.63. The number of methoxy groups -OCH3 is 1. The molecule has 0 aliphatic carbocycles. The van der Waals surface area contributed by atoms with Gasteiger partial charge in [0.25, 0.3) is 0 Å². The first-order valence-electron chi connectivity index (χ1n) is 7.86. The van der Waals surface area contributed by atoms with Crippen LogP contribution in [0, 0.1) is 0 Å². The lowest BCUT2D eigenvalue weighted by Crippen LogP contribution is -2.41. The first-order chi connectivity index (χ1) is 12.8. The van der Waals surface area contributed by atoms with Gasteiger partial charge >= 0.3 is 0 Å². The lowest BCUT2D eigenvalue weighted by molar-refractivity contribution is -0.117. The van der Waals surface area contributed by atoms with Crippen molar-refractivity contribution in [3.8, 4) is 17.2 Å². The summed E-state index contributed by atoms with van der Waals surface area (Å²) < 4.78 is 43.1. The molecule has 0 saturated carbocycles. The van der Waals surface area contributed by atoms with E-state index in [1.807, 2.05) is 0 Å². The number of nitrogens with one attached hydrogen (secondary N) is 2. The van der Waals surface area contributed by atoms with E-state index in [0.29, 0.717) is 17.2 Å². The molecule has 0 aromatic heterocycles. The quantitative estimate of drug-likeness (QED) is 0.755. The third-order valence-electron chi connectivity index (χ3n) is 3.78. The van der Waals surface area contributed by atoms with E-state index in [9.17, 15) is 13.2 Å². The highest BCUT2D eigenvalue weighted by atomic mass is 35.5. The Morgan fingerprint density at radius 3 is 2.67 bits per heavy atom. The molecule has 0 radical (unpaired) electrons. The molecule has 144 valence electrons. The highest BCUT2D eigenvalue weighted by molar-refractivity contribution is 7.89. The highest BCUT2D eigenvalue weighted by Crippen LogP contribution is 2.34.